The molecule has 0 radical (unpaired) electrons. The Hall–Kier alpha value is -1.10. The molecule has 0 fully saturated rings. The summed E-state index contributed by atoms with van der Waals surface area (Å²) in [6.07, 6.45) is 2.25. The standard InChI is InChI=1S/C15H30N2O3/c1-6-7-8-11(4)14(19)13(15(16)20)17(5)12(18)9-10(2)3/h10-11,13-14,19H,6-9H2,1-5H3,(H2,16,20)/t11-,13+,14-/m1/s1. The number of carbonyl (C=O) groups excluding carboxylic acids is 2. The molecule has 0 aliphatic heterocycles. The van der Waals surface area contributed by atoms with E-state index in [0.29, 0.717) is 6.42 Å². The van der Waals surface area contributed by atoms with Crippen LogP contribution >= 0.6 is 0 Å². The number of nitrogens with zero attached hydrogens (tertiary/aromatic N) is 1. The fraction of sp³-hybridized carbons (Fsp3) is 0.867. The lowest BCUT2D eigenvalue weighted by atomic mass is 9.91. The fourth-order valence-electron chi connectivity index (χ4n) is 2.24. The molecule has 5 nitrogen and oxygen atoms in total. The van der Waals surface area contributed by atoms with E-state index in [0.717, 1.165) is 19.3 Å². The Bertz CT molecular complexity index is 318. The molecule has 20 heavy (non-hydrogen) atoms. The van der Waals surface area contributed by atoms with E-state index in [1.807, 2.05) is 20.8 Å². The van der Waals surface area contributed by atoms with Crippen LogP contribution in [0.4, 0.5) is 0 Å². The van der Waals surface area contributed by atoms with E-state index in [2.05, 4.69) is 6.92 Å². The minimum atomic E-state index is -0.951. The summed E-state index contributed by atoms with van der Waals surface area (Å²) in [7, 11) is 1.54. The average molecular weight is 286 g/mol. The molecule has 0 heterocycles. The van der Waals surface area contributed by atoms with Crippen molar-refractivity contribution in [3.05, 3.63) is 0 Å². The second kappa shape index (κ2) is 8.95. The van der Waals surface area contributed by atoms with Crippen LogP contribution in [0.1, 0.15) is 53.4 Å². The summed E-state index contributed by atoms with van der Waals surface area (Å²) >= 11 is 0. The Morgan fingerprint density at radius 2 is 1.80 bits per heavy atom. The van der Waals surface area contributed by atoms with Crippen molar-refractivity contribution >= 4 is 11.8 Å². The number of unbranched alkanes of at least 4 members (excludes halogenated alkanes) is 1. The normalized spacial score (nSPS) is 15.8. The molecule has 0 aromatic rings. The zero-order valence-electron chi connectivity index (χ0n) is 13.4. The highest BCUT2D eigenvalue weighted by Gasteiger charge is 2.34. The third kappa shape index (κ3) is 5.90. The van der Waals surface area contributed by atoms with E-state index in [4.69, 9.17) is 5.73 Å². The van der Waals surface area contributed by atoms with Crippen molar-refractivity contribution < 1.29 is 14.7 Å². The van der Waals surface area contributed by atoms with Crippen molar-refractivity contribution in [1.29, 1.82) is 0 Å². The largest absolute Gasteiger partial charge is 0.390 e. The Balaban J connectivity index is 4.86. The van der Waals surface area contributed by atoms with Gasteiger partial charge in [-0.1, -0.05) is 40.5 Å². The third-order valence-corrected chi connectivity index (χ3v) is 3.60. The van der Waals surface area contributed by atoms with Crippen molar-refractivity contribution in [3.8, 4) is 0 Å². The summed E-state index contributed by atoms with van der Waals surface area (Å²) in [6.45, 7) is 7.83. The van der Waals surface area contributed by atoms with Crippen LogP contribution < -0.4 is 5.73 Å². The van der Waals surface area contributed by atoms with Gasteiger partial charge in [0.2, 0.25) is 11.8 Å². The van der Waals surface area contributed by atoms with Crippen LogP contribution in [0.3, 0.4) is 0 Å². The zero-order valence-corrected chi connectivity index (χ0v) is 13.4. The molecule has 118 valence electrons. The number of rotatable bonds is 9. The predicted octanol–water partition coefficient (Wildman–Crippen LogP) is 1.53. The minimum absolute atomic E-state index is 0.0678. The lowest BCUT2D eigenvalue weighted by molar-refractivity contribution is -0.143. The van der Waals surface area contributed by atoms with Crippen LogP contribution in [-0.2, 0) is 9.59 Å². The molecule has 0 aliphatic rings. The fourth-order valence-corrected chi connectivity index (χ4v) is 2.24. The lowest BCUT2D eigenvalue weighted by Gasteiger charge is -2.33. The summed E-state index contributed by atoms with van der Waals surface area (Å²) in [5, 5.41) is 10.3. The number of amides is 2. The van der Waals surface area contributed by atoms with Crippen molar-refractivity contribution in [3.63, 3.8) is 0 Å². The van der Waals surface area contributed by atoms with Crippen LogP contribution in [0.5, 0.6) is 0 Å². The minimum Gasteiger partial charge on any atom is -0.390 e. The molecule has 5 heteroatoms. The molecule has 3 atom stereocenters. The summed E-state index contributed by atoms with van der Waals surface area (Å²) in [5.74, 6) is -0.680. The van der Waals surface area contributed by atoms with Gasteiger partial charge in [-0.3, -0.25) is 9.59 Å². The third-order valence-electron chi connectivity index (χ3n) is 3.60. The molecular weight excluding hydrogens is 256 g/mol. The molecule has 0 aliphatic carbocycles. The monoisotopic (exact) mass is 286 g/mol. The van der Waals surface area contributed by atoms with Gasteiger partial charge in [0.1, 0.15) is 6.04 Å². The van der Waals surface area contributed by atoms with Crippen molar-refractivity contribution in [1.82, 2.24) is 4.90 Å². The second-order valence-electron chi connectivity index (χ2n) is 6.06. The van der Waals surface area contributed by atoms with Crippen molar-refractivity contribution in [2.75, 3.05) is 7.05 Å². The molecule has 0 unspecified atom stereocenters. The Kier molecular flexibility index (Phi) is 8.46. The van der Waals surface area contributed by atoms with Gasteiger partial charge in [-0.15, -0.1) is 0 Å². The van der Waals surface area contributed by atoms with Crippen LogP contribution in [-0.4, -0.2) is 41.0 Å². The highest BCUT2D eigenvalue weighted by Crippen LogP contribution is 2.19. The summed E-state index contributed by atoms with van der Waals surface area (Å²) in [4.78, 5) is 25.0. The second-order valence-corrected chi connectivity index (χ2v) is 6.06. The Labute approximate surface area is 122 Å². The molecule has 0 rings (SSSR count). The molecule has 3 N–H and O–H groups in total. The van der Waals surface area contributed by atoms with E-state index >= 15 is 0 Å². The molecule has 0 aromatic carbocycles. The quantitative estimate of drug-likeness (QED) is 0.674. The Morgan fingerprint density at radius 1 is 1.25 bits per heavy atom. The number of carbonyl (C=O) groups is 2. The van der Waals surface area contributed by atoms with Crippen LogP contribution in [0.15, 0.2) is 0 Å². The molecule has 2 amide bonds. The number of likely N-dealkylation sites (N-methyl/N-ethyl adjacent to an activating group) is 1. The highest BCUT2D eigenvalue weighted by atomic mass is 16.3. The molecular formula is C15H30N2O3. The van der Waals surface area contributed by atoms with Gasteiger partial charge in [-0.25, -0.2) is 0 Å². The van der Waals surface area contributed by atoms with E-state index < -0.39 is 18.1 Å². The number of aliphatic hydroxyl groups excluding tert-OH is 1. The number of primary amides is 1. The van der Waals surface area contributed by atoms with Crippen LogP contribution in [0, 0.1) is 11.8 Å². The smallest absolute Gasteiger partial charge is 0.242 e. The van der Waals surface area contributed by atoms with E-state index in [1.54, 1.807) is 0 Å². The first kappa shape index (κ1) is 18.9. The summed E-state index contributed by atoms with van der Waals surface area (Å²) < 4.78 is 0. The van der Waals surface area contributed by atoms with E-state index in [9.17, 15) is 14.7 Å². The van der Waals surface area contributed by atoms with Gasteiger partial charge >= 0.3 is 0 Å². The maximum atomic E-state index is 12.0. The first-order chi connectivity index (χ1) is 9.22. The van der Waals surface area contributed by atoms with Crippen LogP contribution in [0.25, 0.3) is 0 Å². The van der Waals surface area contributed by atoms with E-state index in [1.165, 1.54) is 11.9 Å². The average Bonchev–Trinajstić information content (AvgIpc) is 2.34. The van der Waals surface area contributed by atoms with Gasteiger partial charge < -0.3 is 15.7 Å². The topological polar surface area (TPSA) is 83.6 Å². The first-order valence-corrected chi connectivity index (χ1v) is 7.45. The summed E-state index contributed by atoms with van der Waals surface area (Å²) in [5.41, 5.74) is 5.38. The van der Waals surface area contributed by atoms with Crippen LogP contribution in [0.2, 0.25) is 0 Å². The SMILES string of the molecule is CCCC[C@@H](C)[C@@H](O)[C@@H](C(N)=O)N(C)C(=O)CC(C)C. The van der Waals surface area contributed by atoms with Gasteiger partial charge in [0, 0.05) is 13.5 Å². The van der Waals surface area contributed by atoms with Gasteiger partial charge in [-0.2, -0.15) is 0 Å². The van der Waals surface area contributed by atoms with E-state index in [-0.39, 0.29) is 17.7 Å². The maximum Gasteiger partial charge on any atom is 0.242 e. The van der Waals surface area contributed by atoms with Gasteiger partial charge in [0.15, 0.2) is 0 Å². The first-order valence-electron chi connectivity index (χ1n) is 7.45. The lowest BCUT2D eigenvalue weighted by Crippen LogP contribution is -2.54. The van der Waals surface area contributed by atoms with Gasteiger partial charge in [-0.05, 0) is 18.3 Å². The molecule has 0 aromatic heterocycles. The molecule has 0 saturated heterocycles. The van der Waals surface area contributed by atoms with Gasteiger partial charge in [0.25, 0.3) is 0 Å². The molecule has 0 saturated carbocycles. The highest BCUT2D eigenvalue weighted by molar-refractivity contribution is 5.87. The number of hydrogen-bond acceptors (Lipinski definition) is 3. The number of hydrogen-bond donors (Lipinski definition) is 2. The maximum absolute atomic E-state index is 12.0. The Morgan fingerprint density at radius 3 is 2.20 bits per heavy atom. The molecule has 0 spiro atoms. The summed E-state index contributed by atoms with van der Waals surface area (Å²) in [6, 6.07) is -0.951. The van der Waals surface area contributed by atoms with Gasteiger partial charge in [0.05, 0.1) is 6.10 Å². The number of nitrogens with two attached hydrogens (primary N) is 1. The molecule has 0 bridgehead atoms. The zero-order chi connectivity index (χ0) is 15.9. The van der Waals surface area contributed by atoms with Crippen molar-refractivity contribution in [2.24, 2.45) is 17.6 Å². The van der Waals surface area contributed by atoms with Crippen molar-refractivity contribution in [2.45, 2.75) is 65.5 Å². The predicted molar refractivity (Wildman–Crippen MR) is 79.9 cm³/mol. The number of aliphatic hydroxyl groups is 1.